The van der Waals surface area contributed by atoms with Crippen molar-refractivity contribution < 1.29 is 14.3 Å². The van der Waals surface area contributed by atoms with E-state index >= 15 is 0 Å². The molecular weight excluding hydrogens is 183 g/mol. The van der Waals surface area contributed by atoms with Crippen molar-refractivity contribution in [2.45, 2.75) is 13.0 Å². The molecule has 0 spiro atoms. The summed E-state index contributed by atoms with van der Waals surface area (Å²) in [7, 11) is 0. The number of rotatable bonds is 3. The maximum Gasteiger partial charge on any atom is 0.158 e. The Morgan fingerprint density at radius 1 is 1.50 bits per heavy atom. The van der Waals surface area contributed by atoms with Crippen molar-refractivity contribution in [2.75, 3.05) is 0 Å². The molecule has 0 aliphatic heterocycles. The van der Waals surface area contributed by atoms with Crippen LogP contribution in [0.4, 0.5) is 4.39 Å². The summed E-state index contributed by atoms with van der Waals surface area (Å²) in [6.45, 7) is 4.69. The van der Waals surface area contributed by atoms with E-state index in [4.69, 9.17) is 0 Å². The molecule has 14 heavy (non-hydrogen) atoms. The highest BCUT2D eigenvalue weighted by Gasteiger charge is 2.17. The second-order valence-corrected chi connectivity index (χ2v) is 3.01. The molecule has 3 heteroatoms. The van der Waals surface area contributed by atoms with Crippen molar-refractivity contribution in [3.05, 3.63) is 47.8 Å². The zero-order chi connectivity index (χ0) is 10.7. The number of ketones is 1. The van der Waals surface area contributed by atoms with E-state index in [0.717, 1.165) is 0 Å². The van der Waals surface area contributed by atoms with Gasteiger partial charge in [0.2, 0.25) is 0 Å². The molecular formula is C11H11FO2. The first-order valence-corrected chi connectivity index (χ1v) is 4.16. The first kappa shape index (κ1) is 10.6. The standard InChI is InChI=1S/C11H11FO2/c1-7(8(2)13)11(14)9-5-3-4-6-10(9)12/h3-6,11,14H,1H2,2H3/t11-/m1/s1. The van der Waals surface area contributed by atoms with Gasteiger partial charge in [-0.25, -0.2) is 4.39 Å². The lowest BCUT2D eigenvalue weighted by Gasteiger charge is -2.12. The molecule has 1 N–H and O–H groups in total. The molecule has 0 unspecified atom stereocenters. The Morgan fingerprint density at radius 2 is 2.07 bits per heavy atom. The third-order valence-electron chi connectivity index (χ3n) is 1.98. The Balaban J connectivity index is 3.01. The van der Waals surface area contributed by atoms with Crippen molar-refractivity contribution in [3.8, 4) is 0 Å². The van der Waals surface area contributed by atoms with Gasteiger partial charge in [-0.1, -0.05) is 24.8 Å². The van der Waals surface area contributed by atoms with Crippen molar-refractivity contribution in [3.63, 3.8) is 0 Å². The fourth-order valence-electron chi connectivity index (χ4n) is 1.08. The Hall–Kier alpha value is -1.48. The Morgan fingerprint density at radius 3 is 2.57 bits per heavy atom. The molecule has 0 heterocycles. The number of carbonyl (C=O) groups excluding carboxylic acids is 1. The number of hydrogen-bond donors (Lipinski definition) is 1. The summed E-state index contributed by atoms with van der Waals surface area (Å²) in [6, 6.07) is 5.76. The van der Waals surface area contributed by atoms with Crippen LogP contribution in [0.1, 0.15) is 18.6 Å². The molecule has 0 saturated carbocycles. The average molecular weight is 194 g/mol. The van der Waals surface area contributed by atoms with Crippen molar-refractivity contribution in [1.82, 2.24) is 0 Å². The van der Waals surface area contributed by atoms with Gasteiger partial charge in [0.1, 0.15) is 11.9 Å². The van der Waals surface area contributed by atoms with Crippen LogP contribution < -0.4 is 0 Å². The lowest BCUT2D eigenvalue weighted by molar-refractivity contribution is -0.114. The van der Waals surface area contributed by atoms with E-state index in [1.807, 2.05) is 0 Å². The second-order valence-electron chi connectivity index (χ2n) is 3.01. The molecule has 1 aromatic rings. The van der Waals surface area contributed by atoms with Gasteiger partial charge in [-0.2, -0.15) is 0 Å². The van der Waals surface area contributed by atoms with E-state index in [9.17, 15) is 14.3 Å². The summed E-state index contributed by atoms with van der Waals surface area (Å²) in [5.41, 5.74) is 0.0720. The van der Waals surface area contributed by atoms with E-state index in [0.29, 0.717) is 0 Å². The van der Waals surface area contributed by atoms with E-state index < -0.39 is 11.9 Å². The zero-order valence-corrected chi connectivity index (χ0v) is 7.83. The van der Waals surface area contributed by atoms with Crippen LogP contribution in [-0.2, 0) is 4.79 Å². The van der Waals surface area contributed by atoms with Gasteiger partial charge in [0.25, 0.3) is 0 Å². The minimum Gasteiger partial charge on any atom is -0.383 e. The van der Waals surface area contributed by atoms with Gasteiger partial charge >= 0.3 is 0 Å². The number of aliphatic hydroxyl groups is 1. The fraction of sp³-hybridized carbons (Fsp3) is 0.182. The molecule has 0 aromatic heterocycles. The van der Waals surface area contributed by atoms with Gasteiger partial charge in [0.15, 0.2) is 5.78 Å². The highest BCUT2D eigenvalue weighted by Crippen LogP contribution is 2.22. The molecule has 0 radical (unpaired) electrons. The summed E-state index contributed by atoms with van der Waals surface area (Å²) in [4.78, 5) is 10.9. The highest BCUT2D eigenvalue weighted by atomic mass is 19.1. The molecule has 1 atom stereocenters. The van der Waals surface area contributed by atoms with E-state index in [1.54, 1.807) is 6.07 Å². The third kappa shape index (κ3) is 2.06. The van der Waals surface area contributed by atoms with Crippen LogP contribution in [0.2, 0.25) is 0 Å². The number of Topliss-reactive ketones (excluding diaryl/α,β-unsaturated/α-hetero) is 1. The quantitative estimate of drug-likeness (QED) is 0.747. The number of carbonyl (C=O) groups is 1. The van der Waals surface area contributed by atoms with Gasteiger partial charge in [0.05, 0.1) is 0 Å². The predicted octanol–water partition coefficient (Wildman–Crippen LogP) is 2.00. The maximum atomic E-state index is 13.2. The number of aliphatic hydroxyl groups excluding tert-OH is 1. The SMILES string of the molecule is C=C(C(C)=O)[C@@H](O)c1ccccc1F. The minimum atomic E-state index is -1.26. The summed E-state index contributed by atoms with van der Waals surface area (Å²) < 4.78 is 13.2. The summed E-state index contributed by atoms with van der Waals surface area (Å²) in [5.74, 6) is -0.886. The van der Waals surface area contributed by atoms with E-state index in [-0.39, 0.29) is 16.9 Å². The predicted molar refractivity (Wildman–Crippen MR) is 51.2 cm³/mol. The van der Waals surface area contributed by atoms with Crippen LogP contribution in [0.15, 0.2) is 36.4 Å². The molecule has 0 bridgehead atoms. The summed E-state index contributed by atoms with van der Waals surface area (Å²) >= 11 is 0. The van der Waals surface area contributed by atoms with Crippen LogP contribution in [0.5, 0.6) is 0 Å². The molecule has 0 saturated heterocycles. The first-order valence-electron chi connectivity index (χ1n) is 4.16. The fourth-order valence-corrected chi connectivity index (χ4v) is 1.08. The number of halogens is 1. The lowest BCUT2D eigenvalue weighted by Crippen LogP contribution is -2.08. The van der Waals surface area contributed by atoms with Gasteiger partial charge in [-0.15, -0.1) is 0 Å². The van der Waals surface area contributed by atoms with Gasteiger partial charge in [-0.3, -0.25) is 4.79 Å². The molecule has 2 nitrogen and oxygen atoms in total. The molecule has 1 rings (SSSR count). The van der Waals surface area contributed by atoms with Crippen LogP contribution in [0.25, 0.3) is 0 Å². The largest absolute Gasteiger partial charge is 0.383 e. The molecule has 0 fully saturated rings. The Labute approximate surface area is 81.7 Å². The maximum absolute atomic E-state index is 13.2. The van der Waals surface area contributed by atoms with Crippen LogP contribution in [-0.4, -0.2) is 10.9 Å². The molecule has 74 valence electrons. The Bertz CT molecular complexity index is 371. The van der Waals surface area contributed by atoms with Crippen LogP contribution in [0.3, 0.4) is 0 Å². The Kier molecular flexibility index (Phi) is 3.14. The second kappa shape index (κ2) is 4.15. The van der Waals surface area contributed by atoms with Gasteiger partial charge in [-0.05, 0) is 13.0 Å². The molecule has 0 amide bonds. The molecule has 0 aliphatic rings. The van der Waals surface area contributed by atoms with Gasteiger partial charge in [0, 0.05) is 11.1 Å². The normalized spacial score (nSPS) is 12.2. The minimum absolute atomic E-state index is 0.00454. The number of hydrogen-bond acceptors (Lipinski definition) is 2. The molecule has 1 aromatic carbocycles. The monoisotopic (exact) mass is 194 g/mol. The van der Waals surface area contributed by atoms with E-state index in [2.05, 4.69) is 6.58 Å². The number of benzene rings is 1. The topological polar surface area (TPSA) is 37.3 Å². The van der Waals surface area contributed by atoms with Crippen molar-refractivity contribution in [2.24, 2.45) is 0 Å². The summed E-state index contributed by atoms with van der Waals surface area (Å²) in [5, 5.41) is 9.58. The highest BCUT2D eigenvalue weighted by molar-refractivity contribution is 5.93. The smallest absolute Gasteiger partial charge is 0.158 e. The van der Waals surface area contributed by atoms with Crippen molar-refractivity contribution >= 4 is 5.78 Å². The van der Waals surface area contributed by atoms with Gasteiger partial charge < -0.3 is 5.11 Å². The zero-order valence-electron chi connectivity index (χ0n) is 7.83. The van der Waals surface area contributed by atoms with Crippen LogP contribution in [0, 0.1) is 5.82 Å². The van der Waals surface area contributed by atoms with Crippen molar-refractivity contribution in [1.29, 1.82) is 0 Å². The average Bonchev–Trinajstić information content (AvgIpc) is 2.16. The lowest BCUT2D eigenvalue weighted by atomic mass is 10.00. The molecule has 0 aliphatic carbocycles. The van der Waals surface area contributed by atoms with E-state index in [1.165, 1.54) is 25.1 Å². The third-order valence-corrected chi connectivity index (χ3v) is 1.98. The summed E-state index contributed by atoms with van der Waals surface area (Å²) in [6.07, 6.45) is -1.26. The first-order chi connectivity index (χ1) is 6.54. The van der Waals surface area contributed by atoms with Crippen LogP contribution >= 0.6 is 0 Å².